The van der Waals surface area contributed by atoms with Gasteiger partial charge in [0.15, 0.2) is 0 Å². The summed E-state index contributed by atoms with van der Waals surface area (Å²) < 4.78 is 4.82. The van der Waals surface area contributed by atoms with Crippen LogP contribution in [-0.4, -0.2) is 51.2 Å². The maximum Gasteiger partial charge on any atom is 0.356 e. The van der Waals surface area contributed by atoms with Gasteiger partial charge in [-0.15, -0.1) is 0 Å². The second kappa shape index (κ2) is 6.92. The molecule has 0 radical (unpaired) electrons. The van der Waals surface area contributed by atoms with Gasteiger partial charge >= 0.3 is 5.97 Å². The van der Waals surface area contributed by atoms with E-state index >= 15 is 0 Å². The van der Waals surface area contributed by atoms with Crippen LogP contribution in [0.25, 0.3) is 11.0 Å². The standard InChI is InChI=1S/C19H23N5O2/c1-12-5-3-7-15-16(12)22-18(21-15)13-6-4-8-24(10-13)11-14-9-20-23-17(14)19(25)26-2/h3,5,7,9,13H,4,6,8,10-11H2,1-2H3,(H,20,23)(H,21,22)/t13-/m0/s1. The fourth-order valence-corrected chi connectivity index (χ4v) is 3.76. The first-order valence-corrected chi connectivity index (χ1v) is 8.94. The molecule has 1 atom stereocenters. The fraction of sp³-hybridized carbons (Fsp3) is 0.421. The van der Waals surface area contributed by atoms with Crippen molar-refractivity contribution in [1.82, 2.24) is 25.1 Å². The van der Waals surface area contributed by atoms with Gasteiger partial charge in [0.2, 0.25) is 0 Å². The summed E-state index contributed by atoms with van der Waals surface area (Å²) >= 11 is 0. The zero-order chi connectivity index (χ0) is 18.1. The molecule has 1 aliphatic heterocycles. The van der Waals surface area contributed by atoms with E-state index in [1.54, 1.807) is 6.20 Å². The molecule has 0 spiro atoms. The number of benzene rings is 1. The molecule has 0 unspecified atom stereocenters. The zero-order valence-corrected chi connectivity index (χ0v) is 15.1. The Bertz CT molecular complexity index is 929. The average molecular weight is 353 g/mol. The summed E-state index contributed by atoms with van der Waals surface area (Å²) in [4.78, 5) is 22.5. The minimum absolute atomic E-state index is 0.365. The summed E-state index contributed by atoms with van der Waals surface area (Å²) in [6.07, 6.45) is 3.93. The smallest absolute Gasteiger partial charge is 0.356 e. The van der Waals surface area contributed by atoms with Crippen LogP contribution in [0.15, 0.2) is 24.4 Å². The SMILES string of the molecule is COC(=O)c1[nH]ncc1CN1CCC[C@H](c2nc3c(C)cccc3[nH]2)C1. The van der Waals surface area contributed by atoms with Crippen molar-refractivity contribution < 1.29 is 9.53 Å². The molecule has 0 bridgehead atoms. The first kappa shape index (κ1) is 16.8. The monoisotopic (exact) mass is 353 g/mol. The van der Waals surface area contributed by atoms with Crippen LogP contribution < -0.4 is 0 Å². The minimum Gasteiger partial charge on any atom is -0.464 e. The number of para-hydroxylation sites is 1. The number of aromatic amines is 2. The van der Waals surface area contributed by atoms with Gasteiger partial charge in [0, 0.05) is 24.6 Å². The van der Waals surface area contributed by atoms with Crippen LogP contribution >= 0.6 is 0 Å². The van der Waals surface area contributed by atoms with Gasteiger partial charge in [-0.25, -0.2) is 9.78 Å². The Morgan fingerprint density at radius 1 is 1.42 bits per heavy atom. The second-order valence-corrected chi connectivity index (χ2v) is 6.93. The van der Waals surface area contributed by atoms with Crippen LogP contribution in [0.2, 0.25) is 0 Å². The molecule has 3 heterocycles. The van der Waals surface area contributed by atoms with E-state index in [0.29, 0.717) is 18.2 Å². The van der Waals surface area contributed by atoms with E-state index < -0.39 is 0 Å². The lowest BCUT2D eigenvalue weighted by Crippen LogP contribution is -2.34. The third kappa shape index (κ3) is 3.10. The van der Waals surface area contributed by atoms with Gasteiger partial charge in [0.1, 0.15) is 11.5 Å². The summed E-state index contributed by atoms with van der Waals surface area (Å²) in [6.45, 7) is 4.68. The van der Waals surface area contributed by atoms with Crippen molar-refractivity contribution in [1.29, 1.82) is 0 Å². The molecule has 3 aromatic rings. The molecule has 1 aromatic carbocycles. The van der Waals surface area contributed by atoms with Gasteiger partial charge in [0.25, 0.3) is 0 Å². The summed E-state index contributed by atoms with van der Waals surface area (Å²) in [6, 6.07) is 6.22. The number of H-pyrrole nitrogens is 2. The van der Waals surface area contributed by atoms with Crippen LogP contribution in [0, 0.1) is 6.92 Å². The predicted octanol–water partition coefficient (Wildman–Crippen LogP) is 2.76. The highest BCUT2D eigenvalue weighted by Gasteiger charge is 2.26. The molecule has 2 N–H and O–H groups in total. The number of nitrogens with zero attached hydrogens (tertiary/aromatic N) is 3. The largest absolute Gasteiger partial charge is 0.464 e. The van der Waals surface area contributed by atoms with Crippen LogP contribution in [0.1, 0.15) is 46.2 Å². The number of ether oxygens (including phenoxy) is 1. The number of nitrogens with one attached hydrogen (secondary N) is 2. The lowest BCUT2D eigenvalue weighted by Gasteiger charge is -2.31. The number of fused-ring (bicyclic) bond motifs is 1. The molecule has 1 aliphatic rings. The first-order valence-electron chi connectivity index (χ1n) is 8.94. The number of methoxy groups -OCH3 is 1. The van der Waals surface area contributed by atoms with Gasteiger partial charge in [-0.3, -0.25) is 10.00 Å². The number of hydrogen-bond donors (Lipinski definition) is 2. The number of likely N-dealkylation sites (tertiary alicyclic amines) is 1. The molecule has 26 heavy (non-hydrogen) atoms. The molecular weight excluding hydrogens is 330 g/mol. The van der Waals surface area contributed by atoms with E-state index in [9.17, 15) is 4.79 Å². The Kier molecular flexibility index (Phi) is 4.46. The van der Waals surface area contributed by atoms with Gasteiger partial charge in [-0.05, 0) is 37.9 Å². The Morgan fingerprint density at radius 3 is 3.12 bits per heavy atom. The fourth-order valence-electron chi connectivity index (χ4n) is 3.76. The lowest BCUT2D eigenvalue weighted by molar-refractivity contribution is 0.0591. The van der Waals surface area contributed by atoms with E-state index in [1.807, 2.05) is 0 Å². The number of esters is 1. The van der Waals surface area contributed by atoms with E-state index in [0.717, 1.165) is 48.4 Å². The molecule has 7 heteroatoms. The van der Waals surface area contributed by atoms with Crippen molar-refractivity contribution in [3.63, 3.8) is 0 Å². The van der Waals surface area contributed by atoms with Gasteiger partial charge < -0.3 is 9.72 Å². The average Bonchev–Trinajstić information content (AvgIpc) is 3.29. The van der Waals surface area contributed by atoms with Crippen LogP contribution in [0.3, 0.4) is 0 Å². The van der Waals surface area contributed by atoms with E-state index in [2.05, 4.69) is 45.2 Å². The Labute approximate surface area is 151 Å². The topological polar surface area (TPSA) is 86.9 Å². The van der Waals surface area contributed by atoms with Crippen molar-refractivity contribution in [2.75, 3.05) is 20.2 Å². The maximum absolute atomic E-state index is 11.8. The van der Waals surface area contributed by atoms with Gasteiger partial charge in [-0.1, -0.05) is 12.1 Å². The number of hydrogen-bond acceptors (Lipinski definition) is 5. The normalized spacial score (nSPS) is 18.3. The number of carbonyl (C=O) groups is 1. The maximum atomic E-state index is 11.8. The molecule has 2 aromatic heterocycles. The van der Waals surface area contributed by atoms with E-state index in [1.165, 1.54) is 12.7 Å². The summed E-state index contributed by atoms with van der Waals surface area (Å²) in [5.41, 5.74) is 4.66. The minimum atomic E-state index is -0.376. The summed E-state index contributed by atoms with van der Waals surface area (Å²) in [7, 11) is 1.38. The second-order valence-electron chi connectivity index (χ2n) is 6.93. The molecular formula is C19H23N5O2. The summed E-state index contributed by atoms with van der Waals surface area (Å²) in [5.74, 6) is 1.04. The van der Waals surface area contributed by atoms with Crippen LogP contribution in [0.4, 0.5) is 0 Å². The van der Waals surface area contributed by atoms with Gasteiger partial charge in [-0.2, -0.15) is 5.10 Å². The Hall–Kier alpha value is -2.67. The van der Waals surface area contributed by atoms with Gasteiger partial charge in [0.05, 0.1) is 24.3 Å². The summed E-state index contributed by atoms with van der Waals surface area (Å²) in [5, 5.41) is 6.74. The number of carbonyl (C=O) groups excluding carboxylic acids is 1. The molecule has 136 valence electrons. The molecule has 0 aliphatic carbocycles. The number of aromatic nitrogens is 4. The molecule has 0 saturated carbocycles. The quantitative estimate of drug-likeness (QED) is 0.704. The number of imidazole rings is 1. The third-order valence-electron chi connectivity index (χ3n) is 5.13. The molecule has 1 fully saturated rings. The van der Waals surface area contributed by atoms with Crippen molar-refractivity contribution in [3.8, 4) is 0 Å². The number of rotatable bonds is 4. The Balaban J connectivity index is 1.51. The highest BCUT2D eigenvalue weighted by Crippen LogP contribution is 2.28. The Morgan fingerprint density at radius 2 is 2.31 bits per heavy atom. The number of aryl methyl sites for hydroxylation is 1. The predicted molar refractivity (Wildman–Crippen MR) is 98.0 cm³/mol. The molecule has 1 saturated heterocycles. The number of piperidine rings is 1. The van der Waals surface area contributed by atoms with E-state index in [4.69, 9.17) is 9.72 Å². The van der Waals surface area contributed by atoms with Crippen LogP contribution in [0.5, 0.6) is 0 Å². The van der Waals surface area contributed by atoms with Crippen molar-refractivity contribution in [2.45, 2.75) is 32.2 Å². The highest BCUT2D eigenvalue weighted by molar-refractivity contribution is 5.88. The van der Waals surface area contributed by atoms with Crippen molar-refractivity contribution >= 4 is 17.0 Å². The zero-order valence-electron chi connectivity index (χ0n) is 15.1. The molecule has 0 amide bonds. The van der Waals surface area contributed by atoms with Crippen molar-refractivity contribution in [3.05, 3.63) is 47.0 Å². The molecule has 7 nitrogen and oxygen atoms in total. The van der Waals surface area contributed by atoms with Crippen LogP contribution in [-0.2, 0) is 11.3 Å². The molecule has 4 rings (SSSR count). The van der Waals surface area contributed by atoms with Crippen molar-refractivity contribution in [2.24, 2.45) is 0 Å². The highest BCUT2D eigenvalue weighted by atomic mass is 16.5. The lowest BCUT2D eigenvalue weighted by atomic mass is 9.97. The first-order chi connectivity index (χ1) is 12.7. The third-order valence-corrected chi connectivity index (χ3v) is 5.13. The van der Waals surface area contributed by atoms with E-state index in [-0.39, 0.29) is 5.97 Å².